The number of halogens is 24. The topological polar surface area (TPSA) is 17.1 Å². The summed E-state index contributed by atoms with van der Waals surface area (Å²) in [7, 11) is -0.496. The van der Waals surface area contributed by atoms with Crippen molar-refractivity contribution in [2.45, 2.75) is 59.2 Å². The zero-order chi connectivity index (χ0) is 71.7. The second-order valence-electron chi connectivity index (χ2n) is 23.4. The number of benzene rings is 13. The zero-order valence-electron chi connectivity index (χ0n) is 49.4. The van der Waals surface area contributed by atoms with Crippen molar-refractivity contribution in [3.05, 3.63) is 262 Å². The maximum Gasteiger partial charge on any atom is 0.416 e. The largest absolute Gasteiger partial charge is 0.416 e. The fourth-order valence-corrected chi connectivity index (χ4v) is 15.3. The van der Waals surface area contributed by atoms with Crippen LogP contribution in [0.4, 0.5) is 105 Å². The van der Waals surface area contributed by atoms with Crippen LogP contribution in [-0.4, -0.2) is 17.7 Å². The number of ketones is 1. The fraction of sp³-hybridized carbons (Fsp3) is 0.125. The van der Waals surface area contributed by atoms with Crippen LogP contribution in [0.25, 0.3) is 64.6 Å². The summed E-state index contributed by atoms with van der Waals surface area (Å²) in [6.45, 7) is 0. The number of alkyl halides is 24. The van der Waals surface area contributed by atoms with E-state index in [0.29, 0.717) is 5.75 Å². The van der Waals surface area contributed by atoms with Gasteiger partial charge in [0.2, 0.25) is 5.78 Å². The first-order valence-corrected chi connectivity index (χ1v) is 30.4. The molecule has 508 valence electrons. The van der Waals surface area contributed by atoms with Crippen LogP contribution in [0, 0.1) is 0 Å². The fourth-order valence-electron chi connectivity index (χ4n) is 13.0. The van der Waals surface area contributed by atoms with Gasteiger partial charge in [-0.25, -0.2) is 0 Å². The van der Waals surface area contributed by atoms with Crippen LogP contribution in [-0.2, 0) is 60.3 Å². The first kappa shape index (κ1) is 69.3. The zero-order valence-corrected chi connectivity index (χ0v) is 50.2. The molecule has 0 saturated carbocycles. The summed E-state index contributed by atoms with van der Waals surface area (Å²) in [5.74, 6) is 0.605. The molecule has 0 saturated heterocycles. The average molecular weight is 1420 g/mol. The molecule has 99 heavy (non-hydrogen) atoms. The van der Waals surface area contributed by atoms with Crippen molar-refractivity contribution in [1.82, 2.24) is 0 Å². The predicted octanol–water partition coefficient (Wildman–Crippen LogP) is 21.6. The van der Waals surface area contributed by atoms with E-state index in [1.54, 1.807) is 0 Å². The summed E-state index contributed by atoms with van der Waals surface area (Å²) in [4.78, 5) is 16.4. The normalized spacial score (nSPS) is 13.4. The van der Waals surface area contributed by atoms with Gasteiger partial charge in [-0.2, -0.15) is 127 Å². The van der Waals surface area contributed by atoms with Crippen LogP contribution in [0.15, 0.2) is 222 Å². The van der Waals surface area contributed by atoms with Gasteiger partial charge in [0.1, 0.15) is 6.15 Å². The summed E-state index contributed by atoms with van der Waals surface area (Å²) in [5.41, 5.74) is -29.4. The summed E-state index contributed by atoms with van der Waals surface area (Å²) in [6.07, 6.45) is -54.8. The molecular weight excluding hydrogens is 1380 g/mol. The Hall–Kier alpha value is -9.66. The van der Waals surface area contributed by atoms with E-state index >= 15 is 0 Å². The second kappa shape index (κ2) is 24.1. The maximum atomic E-state index is 14.2. The van der Waals surface area contributed by atoms with Gasteiger partial charge in [-0.15, -0.1) is 0 Å². The number of rotatable bonds is 9. The molecule has 0 atom stereocenters. The molecule has 27 heteroatoms. The molecule has 0 aliphatic rings. The first-order chi connectivity index (χ1) is 46.0. The van der Waals surface area contributed by atoms with Crippen LogP contribution in [0.2, 0.25) is 0 Å². The quantitative estimate of drug-likeness (QED) is 0.0463. The van der Waals surface area contributed by atoms with Crippen molar-refractivity contribution in [3.8, 4) is 0 Å². The van der Waals surface area contributed by atoms with Crippen molar-refractivity contribution in [2.24, 2.45) is 0 Å². The van der Waals surface area contributed by atoms with Gasteiger partial charge < -0.3 is 0 Å². The lowest BCUT2D eigenvalue weighted by Gasteiger charge is -2.46. The second-order valence-corrected chi connectivity index (χ2v) is 25.3. The Bertz CT molecular complexity index is 4660. The Kier molecular flexibility index (Phi) is 16.8. The molecule has 0 radical (unpaired) electrons. The Morgan fingerprint density at radius 1 is 0.263 bits per heavy atom. The molecule has 0 N–H and O–H groups in total. The third kappa shape index (κ3) is 13.1. The number of hydrogen-bond acceptors (Lipinski definition) is 1. The highest BCUT2D eigenvalue weighted by Gasteiger charge is 2.48. The van der Waals surface area contributed by atoms with Crippen molar-refractivity contribution >= 4 is 109 Å². The van der Waals surface area contributed by atoms with Crippen LogP contribution in [0.5, 0.6) is 0 Å². The minimum absolute atomic E-state index is 0.176. The van der Waals surface area contributed by atoms with Crippen LogP contribution in [0.1, 0.15) is 54.9 Å². The van der Waals surface area contributed by atoms with Crippen molar-refractivity contribution in [3.63, 3.8) is 0 Å². The van der Waals surface area contributed by atoms with Crippen molar-refractivity contribution in [2.75, 3.05) is 5.75 Å². The Morgan fingerprint density at radius 3 is 0.747 bits per heavy atom. The highest BCUT2D eigenvalue weighted by molar-refractivity contribution is 7.98. The first-order valence-electron chi connectivity index (χ1n) is 29.0. The van der Waals surface area contributed by atoms with E-state index in [1.807, 2.05) is 30.3 Å². The van der Waals surface area contributed by atoms with Crippen molar-refractivity contribution < 1.29 is 110 Å². The van der Waals surface area contributed by atoms with E-state index < -0.39 is 206 Å². The van der Waals surface area contributed by atoms with Gasteiger partial charge in [0, 0.05) is 27.1 Å². The van der Waals surface area contributed by atoms with Crippen LogP contribution in [0.3, 0.4) is 0 Å². The minimum Gasteiger partial charge on any atom is -0.289 e. The van der Waals surface area contributed by atoms with E-state index in [4.69, 9.17) is 0 Å². The molecule has 0 aliphatic heterocycles. The van der Waals surface area contributed by atoms with Gasteiger partial charge in [0.05, 0.1) is 55.4 Å². The lowest BCUT2D eigenvalue weighted by molar-refractivity contribution is -0.144. The van der Waals surface area contributed by atoms with Crippen LogP contribution < -0.4 is 21.9 Å². The molecule has 0 heterocycles. The van der Waals surface area contributed by atoms with Gasteiger partial charge in [0.15, 0.2) is 15.5 Å². The monoisotopic (exact) mass is 1420 g/mol. The molecule has 0 spiro atoms. The highest BCUT2D eigenvalue weighted by Crippen LogP contribution is 2.46. The average Bonchev–Trinajstić information content (AvgIpc) is 0.722. The molecule has 1 nitrogen and oxygen atoms in total. The molecule has 13 rings (SSSR count). The molecule has 0 fully saturated rings. The van der Waals surface area contributed by atoms with Gasteiger partial charge in [-0.3, -0.25) is 4.79 Å². The SMILES string of the molecule is FC(F)(F)c1cc([B-](c2cc(C(F)(F)F)cc(C(F)(F)F)c2)(c2cc(C(F)(F)F)cc(C(F)(F)F)c2)c2cc(C(F)(F)F)cc(C(F)(F)F)c2)cc(C(F)(F)F)c1.O=C(C[S+](c1ccc2ccc3cccc4ccc1c2c34)c1ccc2ccc3cccc4ccc1c2c34)c1ccccc1. The molecule has 13 aromatic carbocycles. The van der Waals surface area contributed by atoms with E-state index in [1.165, 1.54) is 74.4 Å². The number of carbonyl (C=O) groups excluding carboxylic acids is 1. The third-order valence-corrected chi connectivity index (χ3v) is 19.6. The standard InChI is InChI=1S/C40H25OS.C32H12BF24/c41-34(25-6-2-1-3-7-25)24-42(35-22-18-30-14-12-26-8-4-10-28-16-20-32(35)39(30)37(26)28)36-23-19-31-15-13-27-9-5-11-29-17-21-33(36)40(31)38(27)29;34-25(35,36)13-1-14(26(37,38)39)6-21(5-13)33(22-7-15(27(40,41)42)2-16(8-22)28(43,44)45,23-9-17(29(46,47)48)3-18(10-23)30(49,50)51)24-11-19(31(52,53)54)4-20(12-24)32(55,56)57/h1-23H,24H2;1-12H/q+1;-1. The van der Waals surface area contributed by atoms with Gasteiger partial charge in [0.25, 0.3) is 0 Å². The third-order valence-electron chi connectivity index (χ3n) is 17.3. The number of carbonyl (C=O) groups is 1. The lowest BCUT2D eigenvalue weighted by atomic mass is 9.12. The number of Topliss-reactive ketones (excluding diaryl/α,β-unsaturated/α-hetero) is 1. The van der Waals surface area contributed by atoms with Gasteiger partial charge in [-0.1, -0.05) is 152 Å². The predicted molar refractivity (Wildman–Crippen MR) is 330 cm³/mol. The highest BCUT2D eigenvalue weighted by atomic mass is 32.2. The van der Waals surface area contributed by atoms with E-state index in [-0.39, 0.29) is 5.78 Å². The summed E-state index contributed by atoms with van der Waals surface area (Å²) in [6, 6.07) is 41.1. The molecule has 0 unspecified atom stereocenters. The molecular formula is C72H37BF24OS. The Morgan fingerprint density at radius 2 is 0.495 bits per heavy atom. The summed E-state index contributed by atoms with van der Waals surface area (Å²) in [5, 5.41) is 15.2. The number of hydrogen-bond donors (Lipinski definition) is 0. The van der Waals surface area contributed by atoms with Crippen LogP contribution >= 0.6 is 0 Å². The Labute approximate surface area is 544 Å². The molecule has 0 aromatic heterocycles. The molecule has 0 amide bonds. The van der Waals surface area contributed by atoms with E-state index in [0.717, 1.165) is 5.56 Å². The minimum atomic E-state index is -6.13. The summed E-state index contributed by atoms with van der Waals surface area (Å²) >= 11 is 0. The summed E-state index contributed by atoms with van der Waals surface area (Å²) < 4.78 is 341. The molecule has 0 bridgehead atoms. The van der Waals surface area contributed by atoms with E-state index in [2.05, 4.69) is 109 Å². The molecule has 13 aromatic rings. The maximum absolute atomic E-state index is 14.2. The molecule has 0 aliphatic carbocycles. The van der Waals surface area contributed by atoms with Gasteiger partial charge in [-0.05, 0) is 104 Å². The van der Waals surface area contributed by atoms with Crippen molar-refractivity contribution in [1.29, 1.82) is 0 Å². The Balaban J connectivity index is 0.000000195. The smallest absolute Gasteiger partial charge is 0.289 e. The van der Waals surface area contributed by atoms with E-state index in [9.17, 15) is 110 Å². The lowest BCUT2D eigenvalue weighted by Crippen LogP contribution is -2.75. The van der Waals surface area contributed by atoms with Gasteiger partial charge >= 0.3 is 49.4 Å².